The lowest BCUT2D eigenvalue weighted by Crippen LogP contribution is -2.19. The molecule has 4 rings (SSSR count). The molecule has 0 saturated heterocycles. The molecule has 2 heterocycles. The summed E-state index contributed by atoms with van der Waals surface area (Å²) in [5.74, 6) is -1.46. The fraction of sp³-hybridized carbons (Fsp3) is 0.167. The maximum atomic E-state index is 13.2. The second-order valence-corrected chi connectivity index (χ2v) is 10.0. The molecule has 0 atom stereocenters. The van der Waals surface area contributed by atoms with E-state index in [9.17, 15) is 18.0 Å². The Hall–Kier alpha value is -3.56. The fourth-order valence-corrected chi connectivity index (χ4v) is 4.70. The summed E-state index contributed by atoms with van der Waals surface area (Å²) in [5, 5.41) is 2.51. The van der Waals surface area contributed by atoms with E-state index in [1.54, 1.807) is 55.5 Å². The molecular weight excluding hydrogens is 478 g/mol. The van der Waals surface area contributed by atoms with Crippen LogP contribution < -0.4 is 5.32 Å². The lowest BCUT2D eigenvalue weighted by molar-refractivity contribution is 0.101. The van der Waals surface area contributed by atoms with Crippen LogP contribution in [0.4, 0.5) is 5.69 Å². The number of furan rings is 1. The van der Waals surface area contributed by atoms with E-state index in [1.165, 1.54) is 0 Å². The van der Waals surface area contributed by atoms with Crippen molar-refractivity contribution in [3.63, 3.8) is 0 Å². The van der Waals surface area contributed by atoms with Crippen molar-refractivity contribution < 1.29 is 22.4 Å². The number of aryl methyl sites for hydroxylation is 1. The van der Waals surface area contributed by atoms with Crippen LogP contribution in [0.1, 0.15) is 45.5 Å². The highest BCUT2D eigenvalue weighted by Crippen LogP contribution is 2.33. The summed E-state index contributed by atoms with van der Waals surface area (Å²) in [4.78, 5) is 34.0. The molecule has 174 valence electrons. The second-order valence-electron chi connectivity index (χ2n) is 7.62. The predicted molar refractivity (Wildman–Crippen MR) is 128 cm³/mol. The van der Waals surface area contributed by atoms with Crippen LogP contribution in [0.15, 0.2) is 64.3 Å². The standard InChI is InChI=1S/C24H20ClN3O5S/c1-3-12-34(31,32)24-26-13-17(25)20(28-24)23(30)27-19-16-6-4-5-7-18(16)33-22(19)21(29)15-10-8-14(2)9-11-15/h4-11,13H,3,12H2,1-2H3,(H,27,30). The molecule has 2 aromatic heterocycles. The highest BCUT2D eigenvalue weighted by molar-refractivity contribution is 7.91. The molecule has 0 spiro atoms. The number of amides is 1. The number of hydrogen-bond donors (Lipinski definition) is 1. The van der Waals surface area contributed by atoms with Crippen LogP contribution in [0.2, 0.25) is 5.02 Å². The van der Waals surface area contributed by atoms with Gasteiger partial charge in [-0.15, -0.1) is 0 Å². The topological polar surface area (TPSA) is 119 Å². The van der Waals surface area contributed by atoms with Gasteiger partial charge in [-0.3, -0.25) is 9.59 Å². The number of fused-ring (bicyclic) bond motifs is 1. The van der Waals surface area contributed by atoms with E-state index in [4.69, 9.17) is 16.0 Å². The molecule has 0 unspecified atom stereocenters. The van der Waals surface area contributed by atoms with Crippen molar-refractivity contribution in [3.05, 3.63) is 82.3 Å². The number of rotatable bonds is 7. The predicted octanol–water partition coefficient (Wildman–Crippen LogP) is 4.85. The Morgan fingerprint density at radius 1 is 1.09 bits per heavy atom. The Morgan fingerprint density at radius 2 is 1.79 bits per heavy atom. The number of halogens is 1. The number of anilines is 1. The first-order chi connectivity index (χ1) is 16.2. The molecule has 0 fully saturated rings. The van der Waals surface area contributed by atoms with Crippen LogP contribution >= 0.6 is 11.6 Å². The van der Waals surface area contributed by atoms with Crippen molar-refractivity contribution in [2.45, 2.75) is 25.4 Å². The number of carbonyl (C=O) groups is 2. The quantitative estimate of drug-likeness (QED) is 0.286. The third-order valence-corrected chi connectivity index (χ3v) is 7.02. The SMILES string of the molecule is CCCS(=O)(=O)c1ncc(Cl)c(C(=O)Nc2c(C(=O)c3ccc(C)cc3)oc3ccccc23)n1. The first kappa shape index (κ1) is 23.6. The van der Waals surface area contributed by atoms with Gasteiger partial charge in [0.05, 0.1) is 22.7 Å². The van der Waals surface area contributed by atoms with E-state index in [0.717, 1.165) is 11.8 Å². The summed E-state index contributed by atoms with van der Waals surface area (Å²) >= 11 is 6.12. The second kappa shape index (κ2) is 9.36. The van der Waals surface area contributed by atoms with Crippen molar-refractivity contribution in [3.8, 4) is 0 Å². The van der Waals surface area contributed by atoms with Crippen LogP contribution in [0, 0.1) is 6.92 Å². The van der Waals surface area contributed by atoms with Gasteiger partial charge in [0.1, 0.15) is 5.58 Å². The number of sulfone groups is 1. The minimum absolute atomic E-state index is 0.0672. The lowest BCUT2D eigenvalue weighted by atomic mass is 10.1. The van der Waals surface area contributed by atoms with E-state index < -0.39 is 26.7 Å². The van der Waals surface area contributed by atoms with E-state index in [2.05, 4.69) is 15.3 Å². The summed E-state index contributed by atoms with van der Waals surface area (Å²) in [7, 11) is -3.77. The van der Waals surface area contributed by atoms with Crippen LogP contribution in [0.3, 0.4) is 0 Å². The first-order valence-electron chi connectivity index (χ1n) is 10.4. The fourth-order valence-electron chi connectivity index (χ4n) is 3.36. The van der Waals surface area contributed by atoms with E-state index in [1.807, 2.05) is 6.92 Å². The Bertz CT molecular complexity index is 1510. The molecule has 1 amide bonds. The largest absolute Gasteiger partial charge is 0.450 e. The van der Waals surface area contributed by atoms with Gasteiger partial charge in [0.2, 0.25) is 20.8 Å². The minimum atomic E-state index is -3.77. The van der Waals surface area contributed by atoms with Gasteiger partial charge in [0.15, 0.2) is 11.5 Å². The molecule has 0 aliphatic rings. The van der Waals surface area contributed by atoms with Gasteiger partial charge in [-0.2, -0.15) is 0 Å². The van der Waals surface area contributed by atoms with E-state index in [-0.39, 0.29) is 27.9 Å². The molecule has 0 saturated carbocycles. The van der Waals surface area contributed by atoms with Gasteiger partial charge < -0.3 is 9.73 Å². The lowest BCUT2D eigenvalue weighted by Gasteiger charge is -2.08. The number of para-hydroxylation sites is 1. The van der Waals surface area contributed by atoms with Crippen molar-refractivity contribution in [2.24, 2.45) is 0 Å². The average molecular weight is 498 g/mol. The van der Waals surface area contributed by atoms with Crippen molar-refractivity contribution in [2.75, 3.05) is 11.1 Å². The molecule has 0 bridgehead atoms. The molecule has 10 heteroatoms. The number of hydrogen-bond acceptors (Lipinski definition) is 7. The number of ketones is 1. The van der Waals surface area contributed by atoms with E-state index in [0.29, 0.717) is 23.0 Å². The van der Waals surface area contributed by atoms with Crippen LogP contribution in [-0.2, 0) is 9.84 Å². The van der Waals surface area contributed by atoms with Crippen molar-refractivity contribution in [1.82, 2.24) is 9.97 Å². The molecule has 0 aliphatic heterocycles. The van der Waals surface area contributed by atoms with Crippen LogP contribution in [0.25, 0.3) is 11.0 Å². The smallest absolute Gasteiger partial charge is 0.276 e. The normalized spacial score (nSPS) is 11.5. The Labute approximate surface area is 200 Å². The Balaban J connectivity index is 1.77. The zero-order valence-corrected chi connectivity index (χ0v) is 19.9. The monoisotopic (exact) mass is 497 g/mol. The summed E-state index contributed by atoms with van der Waals surface area (Å²) in [6.07, 6.45) is 1.43. The number of nitrogens with one attached hydrogen (secondary N) is 1. The maximum Gasteiger partial charge on any atom is 0.276 e. The molecule has 34 heavy (non-hydrogen) atoms. The zero-order chi connectivity index (χ0) is 24.5. The van der Waals surface area contributed by atoms with Gasteiger partial charge in [0.25, 0.3) is 5.91 Å². The molecular formula is C24H20ClN3O5S. The summed E-state index contributed by atoms with van der Waals surface area (Å²) < 4.78 is 30.5. The number of carbonyl (C=O) groups excluding carboxylic acids is 2. The zero-order valence-electron chi connectivity index (χ0n) is 18.3. The molecule has 0 aliphatic carbocycles. The summed E-state index contributed by atoms with van der Waals surface area (Å²) in [5.41, 5.74) is 1.58. The Morgan fingerprint density at radius 3 is 2.50 bits per heavy atom. The number of nitrogens with zero attached hydrogens (tertiary/aromatic N) is 2. The van der Waals surface area contributed by atoms with Gasteiger partial charge in [-0.05, 0) is 25.5 Å². The summed E-state index contributed by atoms with van der Waals surface area (Å²) in [6.45, 7) is 3.61. The third-order valence-electron chi connectivity index (χ3n) is 5.04. The van der Waals surface area contributed by atoms with Crippen LogP contribution in [0.5, 0.6) is 0 Å². The molecule has 1 N–H and O–H groups in total. The van der Waals surface area contributed by atoms with Crippen molar-refractivity contribution >= 4 is 49.8 Å². The summed E-state index contributed by atoms with van der Waals surface area (Å²) in [6, 6.07) is 13.8. The highest BCUT2D eigenvalue weighted by Gasteiger charge is 2.26. The average Bonchev–Trinajstić information content (AvgIpc) is 3.17. The number of benzene rings is 2. The molecule has 2 aromatic carbocycles. The maximum absolute atomic E-state index is 13.2. The minimum Gasteiger partial charge on any atom is -0.450 e. The molecule has 8 nitrogen and oxygen atoms in total. The van der Waals surface area contributed by atoms with Gasteiger partial charge in [-0.1, -0.05) is 60.5 Å². The molecule has 0 radical (unpaired) electrons. The van der Waals surface area contributed by atoms with Crippen LogP contribution in [-0.4, -0.2) is 35.8 Å². The first-order valence-corrected chi connectivity index (χ1v) is 12.4. The van der Waals surface area contributed by atoms with Gasteiger partial charge in [-0.25, -0.2) is 18.4 Å². The highest BCUT2D eigenvalue weighted by atomic mass is 35.5. The van der Waals surface area contributed by atoms with Crippen molar-refractivity contribution in [1.29, 1.82) is 0 Å². The third kappa shape index (κ3) is 4.57. The van der Waals surface area contributed by atoms with Gasteiger partial charge >= 0.3 is 0 Å². The van der Waals surface area contributed by atoms with Gasteiger partial charge in [0, 0.05) is 10.9 Å². The number of aromatic nitrogens is 2. The van der Waals surface area contributed by atoms with E-state index >= 15 is 0 Å². The Kier molecular flexibility index (Phi) is 6.49. The molecule has 4 aromatic rings.